The number of aryl methyl sites for hydroxylation is 2. The Bertz CT molecular complexity index is 636. The lowest BCUT2D eigenvalue weighted by atomic mass is 10.2. The number of hydrogen-bond donors (Lipinski definition) is 1. The van der Waals surface area contributed by atoms with Crippen molar-refractivity contribution >= 4 is 10.0 Å². The largest absolute Gasteiger partial charge is 0.299 e. The minimum absolute atomic E-state index is 0.0475. The van der Waals surface area contributed by atoms with Gasteiger partial charge < -0.3 is 0 Å². The molecule has 0 aromatic heterocycles. The van der Waals surface area contributed by atoms with Crippen molar-refractivity contribution < 1.29 is 8.42 Å². The quantitative estimate of drug-likeness (QED) is 0.927. The zero-order chi connectivity index (χ0) is 15.7. The van der Waals surface area contributed by atoms with Crippen LogP contribution in [0.15, 0.2) is 23.1 Å². The van der Waals surface area contributed by atoms with Crippen molar-refractivity contribution in [2.45, 2.75) is 62.9 Å². The molecule has 1 heterocycles. The van der Waals surface area contributed by atoms with Crippen LogP contribution in [-0.2, 0) is 10.0 Å². The number of hydrogen-bond acceptors (Lipinski definition) is 3. The minimum Gasteiger partial charge on any atom is -0.299 e. The summed E-state index contributed by atoms with van der Waals surface area (Å²) in [4.78, 5) is 2.89. The zero-order valence-corrected chi connectivity index (χ0v) is 14.3. The summed E-state index contributed by atoms with van der Waals surface area (Å²) in [6.07, 6.45) is 6.11. The van der Waals surface area contributed by atoms with Gasteiger partial charge in [0.1, 0.15) is 0 Å². The molecule has 4 nitrogen and oxygen atoms in total. The van der Waals surface area contributed by atoms with E-state index in [4.69, 9.17) is 0 Å². The maximum atomic E-state index is 12.6. The van der Waals surface area contributed by atoms with Gasteiger partial charge in [0.25, 0.3) is 0 Å². The van der Waals surface area contributed by atoms with Crippen LogP contribution in [0.1, 0.15) is 43.2 Å². The molecule has 1 aromatic rings. The van der Waals surface area contributed by atoms with E-state index in [0.29, 0.717) is 10.9 Å². The third kappa shape index (κ3) is 3.36. The van der Waals surface area contributed by atoms with Gasteiger partial charge >= 0.3 is 0 Å². The number of nitrogens with one attached hydrogen (secondary N) is 1. The third-order valence-corrected chi connectivity index (χ3v) is 6.68. The minimum atomic E-state index is -3.41. The van der Waals surface area contributed by atoms with Gasteiger partial charge in [-0.05, 0) is 44.7 Å². The third-order valence-electron chi connectivity index (χ3n) is 5.00. The summed E-state index contributed by atoms with van der Waals surface area (Å²) in [6.45, 7) is 5.72. The number of sulfonamides is 1. The van der Waals surface area contributed by atoms with Gasteiger partial charge in [-0.25, -0.2) is 13.1 Å². The molecule has 1 saturated carbocycles. The Kier molecular flexibility index (Phi) is 4.57. The number of rotatable bonds is 4. The highest BCUT2D eigenvalue weighted by Gasteiger charge is 2.32. The average Bonchev–Trinajstić information content (AvgIpc) is 3.07. The maximum Gasteiger partial charge on any atom is 0.241 e. The van der Waals surface area contributed by atoms with Crippen molar-refractivity contribution in [3.63, 3.8) is 0 Å². The fourth-order valence-corrected chi connectivity index (χ4v) is 5.36. The van der Waals surface area contributed by atoms with Crippen molar-refractivity contribution in [1.82, 2.24) is 9.62 Å². The van der Waals surface area contributed by atoms with Crippen molar-refractivity contribution in [2.24, 2.45) is 0 Å². The SMILES string of the molecule is Cc1ccc(S(=O)(=O)N[C@@H]2CCN(C3CCCC3)C2)c(C)c1. The van der Waals surface area contributed by atoms with Crippen molar-refractivity contribution in [3.05, 3.63) is 29.3 Å². The molecule has 0 amide bonds. The monoisotopic (exact) mass is 322 g/mol. The van der Waals surface area contributed by atoms with Gasteiger partial charge in [0.15, 0.2) is 0 Å². The van der Waals surface area contributed by atoms with Crippen molar-refractivity contribution in [2.75, 3.05) is 13.1 Å². The Labute approximate surface area is 134 Å². The van der Waals surface area contributed by atoms with Gasteiger partial charge in [-0.1, -0.05) is 30.5 Å². The summed E-state index contributed by atoms with van der Waals surface area (Å²) in [5.41, 5.74) is 1.91. The van der Waals surface area contributed by atoms with Crippen LogP contribution >= 0.6 is 0 Å². The number of nitrogens with zero attached hydrogens (tertiary/aromatic N) is 1. The van der Waals surface area contributed by atoms with Gasteiger partial charge in [-0.3, -0.25) is 4.90 Å². The molecule has 1 N–H and O–H groups in total. The van der Waals surface area contributed by atoms with E-state index in [-0.39, 0.29) is 6.04 Å². The highest BCUT2D eigenvalue weighted by Crippen LogP contribution is 2.27. The van der Waals surface area contributed by atoms with Gasteiger partial charge in [-0.15, -0.1) is 0 Å². The van der Waals surface area contributed by atoms with E-state index in [2.05, 4.69) is 9.62 Å². The standard InChI is InChI=1S/C17H26N2O2S/c1-13-7-8-17(14(2)11-13)22(20,21)18-15-9-10-19(12-15)16-5-3-4-6-16/h7-8,11,15-16,18H,3-6,9-10,12H2,1-2H3/t15-/m1/s1. The highest BCUT2D eigenvalue weighted by atomic mass is 32.2. The van der Waals surface area contributed by atoms with Gasteiger partial charge in [0.05, 0.1) is 4.90 Å². The van der Waals surface area contributed by atoms with Crippen molar-refractivity contribution in [1.29, 1.82) is 0 Å². The van der Waals surface area contributed by atoms with E-state index in [1.165, 1.54) is 25.7 Å². The molecule has 1 aromatic carbocycles. The first kappa shape index (κ1) is 16.0. The van der Waals surface area contributed by atoms with Crippen LogP contribution in [0, 0.1) is 13.8 Å². The first-order chi connectivity index (χ1) is 10.5. The predicted octanol–water partition coefficient (Wildman–Crippen LogP) is 2.60. The zero-order valence-electron chi connectivity index (χ0n) is 13.5. The average molecular weight is 322 g/mol. The van der Waals surface area contributed by atoms with Gasteiger partial charge in [0, 0.05) is 25.2 Å². The summed E-state index contributed by atoms with van der Waals surface area (Å²) in [5, 5.41) is 0. The van der Waals surface area contributed by atoms with E-state index in [1.807, 2.05) is 26.0 Å². The molecule has 0 spiro atoms. The molecule has 2 aliphatic rings. The molecule has 122 valence electrons. The highest BCUT2D eigenvalue weighted by molar-refractivity contribution is 7.89. The molecule has 1 atom stereocenters. The van der Waals surface area contributed by atoms with E-state index >= 15 is 0 Å². The Morgan fingerprint density at radius 3 is 2.55 bits per heavy atom. The lowest BCUT2D eigenvalue weighted by Crippen LogP contribution is -2.39. The molecular formula is C17H26N2O2S. The molecule has 0 unspecified atom stereocenters. The van der Waals surface area contributed by atoms with Crippen molar-refractivity contribution in [3.8, 4) is 0 Å². The molecule has 1 aliphatic carbocycles. The maximum absolute atomic E-state index is 12.6. The van der Waals surface area contributed by atoms with Gasteiger partial charge in [-0.2, -0.15) is 0 Å². The van der Waals surface area contributed by atoms with Crippen LogP contribution < -0.4 is 4.72 Å². The Morgan fingerprint density at radius 2 is 1.86 bits per heavy atom. The predicted molar refractivity (Wildman–Crippen MR) is 88.5 cm³/mol. The summed E-state index contributed by atoms with van der Waals surface area (Å²) in [6, 6.07) is 6.23. The number of benzene rings is 1. The van der Waals surface area contributed by atoms with Crippen LogP contribution in [0.25, 0.3) is 0 Å². The smallest absolute Gasteiger partial charge is 0.241 e. The molecule has 22 heavy (non-hydrogen) atoms. The first-order valence-electron chi connectivity index (χ1n) is 8.29. The summed E-state index contributed by atoms with van der Waals surface area (Å²) >= 11 is 0. The Morgan fingerprint density at radius 1 is 1.14 bits per heavy atom. The first-order valence-corrected chi connectivity index (χ1v) is 9.78. The van der Waals surface area contributed by atoms with E-state index in [0.717, 1.165) is 30.6 Å². The normalized spacial score (nSPS) is 24.2. The summed E-state index contributed by atoms with van der Waals surface area (Å²) < 4.78 is 28.2. The summed E-state index contributed by atoms with van der Waals surface area (Å²) in [7, 11) is -3.41. The van der Waals surface area contributed by atoms with Crippen LogP contribution in [-0.4, -0.2) is 38.5 Å². The van der Waals surface area contributed by atoms with Gasteiger partial charge in [0.2, 0.25) is 10.0 Å². The molecule has 2 fully saturated rings. The fourth-order valence-electron chi connectivity index (χ4n) is 3.87. The number of likely N-dealkylation sites (tertiary alicyclic amines) is 1. The Balaban J connectivity index is 1.67. The Hall–Kier alpha value is -0.910. The van der Waals surface area contributed by atoms with Crippen LogP contribution in [0.3, 0.4) is 0 Å². The second-order valence-corrected chi connectivity index (χ2v) is 8.49. The fraction of sp³-hybridized carbons (Fsp3) is 0.647. The van der Waals surface area contributed by atoms with E-state index in [1.54, 1.807) is 6.07 Å². The molecule has 5 heteroatoms. The molecule has 0 radical (unpaired) electrons. The summed E-state index contributed by atoms with van der Waals surface area (Å²) in [5.74, 6) is 0. The topological polar surface area (TPSA) is 49.4 Å². The molecule has 3 rings (SSSR count). The van der Waals surface area contributed by atoms with Crippen LogP contribution in [0.4, 0.5) is 0 Å². The molecule has 1 aliphatic heterocycles. The molecule has 1 saturated heterocycles. The van der Waals surface area contributed by atoms with E-state index in [9.17, 15) is 8.42 Å². The van der Waals surface area contributed by atoms with Crippen LogP contribution in [0.2, 0.25) is 0 Å². The van der Waals surface area contributed by atoms with Crippen LogP contribution in [0.5, 0.6) is 0 Å². The molecule has 0 bridgehead atoms. The lowest BCUT2D eigenvalue weighted by Gasteiger charge is -2.23. The lowest BCUT2D eigenvalue weighted by molar-refractivity contribution is 0.242. The van der Waals surface area contributed by atoms with E-state index < -0.39 is 10.0 Å². The second-order valence-electron chi connectivity index (χ2n) is 6.81. The molecular weight excluding hydrogens is 296 g/mol. The second kappa shape index (κ2) is 6.30.